The molecule has 56 heavy (non-hydrogen) atoms. The first-order valence-electron chi connectivity index (χ1n) is 19.1. The van der Waals surface area contributed by atoms with Crippen LogP contribution in [0.2, 0.25) is 13.1 Å². The summed E-state index contributed by atoms with van der Waals surface area (Å²) in [5.74, 6) is 2.35. The van der Waals surface area contributed by atoms with Gasteiger partial charge in [0, 0.05) is 44.6 Å². The molecule has 0 saturated carbocycles. The number of ether oxygens (including phenoxy) is 1. The van der Waals surface area contributed by atoms with Gasteiger partial charge in [0.25, 0.3) is 0 Å². The fourth-order valence-corrected chi connectivity index (χ4v) is 11.7. The minimum absolute atomic E-state index is 0.688. The third-order valence-electron chi connectivity index (χ3n) is 11.4. The van der Waals surface area contributed by atoms with Crippen molar-refractivity contribution in [2.45, 2.75) is 13.1 Å². The molecule has 2 aliphatic heterocycles. The highest BCUT2D eigenvalue weighted by Crippen LogP contribution is 2.50. The van der Waals surface area contributed by atoms with Crippen molar-refractivity contribution in [2.75, 3.05) is 9.80 Å². The van der Waals surface area contributed by atoms with E-state index in [1.54, 1.807) is 0 Å². The molecule has 2 aliphatic rings. The first-order chi connectivity index (χ1) is 27.5. The monoisotopic (exact) mass is 736 g/mol. The first-order valence-corrected chi connectivity index (χ1v) is 22.1. The number of para-hydroxylation sites is 6. The summed E-state index contributed by atoms with van der Waals surface area (Å²) in [4.78, 5) is 15.3. The van der Waals surface area contributed by atoms with Gasteiger partial charge >= 0.3 is 0 Å². The van der Waals surface area contributed by atoms with E-state index in [4.69, 9.17) is 14.7 Å². The van der Waals surface area contributed by atoms with E-state index in [0.29, 0.717) is 5.82 Å². The standard InChI is InChI=1S/C50H36N4OSi/c1-56(2)46-21-11-7-17-42(46)54(43-18-8-12-22-47(43)56)37-28-23-34(24-29-37)48-39-32-27-33-13-3-4-14-38(33)49(39)52-50(51-48)35-25-30-36(31-26-35)53-40-15-5-9-19-44(40)55-45-20-10-6-16-41(45)53/h3-32H,1-2H3. The van der Waals surface area contributed by atoms with Crippen LogP contribution < -0.4 is 24.9 Å². The lowest BCUT2D eigenvalue weighted by molar-refractivity contribution is 0.477. The van der Waals surface area contributed by atoms with Gasteiger partial charge < -0.3 is 14.5 Å². The summed E-state index contributed by atoms with van der Waals surface area (Å²) in [6.45, 7) is 4.92. The molecule has 0 spiro atoms. The molecular weight excluding hydrogens is 701 g/mol. The van der Waals surface area contributed by atoms with E-state index in [1.165, 1.54) is 21.7 Å². The normalized spacial score (nSPS) is 13.8. The highest BCUT2D eigenvalue weighted by Gasteiger charge is 2.38. The summed E-state index contributed by atoms with van der Waals surface area (Å²) in [7, 11) is -1.87. The van der Waals surface area contributed by atoms with E-state index in [1.807, 2.05) is 36.4 Å². The van der Waals surface area contributed by atoms with Gasteiger partial charge in [-0.25, -0.2) is 9.97 Å². The second-order valence-electron chi connectivity index (χ2n) is 15.0. The molecule has 0 bridgehead atoms. The van der Waals surface area contributed by atoms with E-state index in [2.05, 4.69) is 168 Å². The van der Waals surface area contributed by atoms with Crippen LogP contribution in [0.4, 0.5) is 34.1 Å². The molecule has 6 heteroatoms. The third kappa shape index (κ3) is 5.00. The Kier molecular flexibility index (Phi) is 7.24. The van der Waals surface area contributed by atoms with Gasteiger partial charge in [0.15, 0.2) is 17.3 Å². The Morgan fingerprint density at radius 2 is 0.929 bits per heavy atom. The molecule has 0 N–H and O–H groups in total. The van der Waals surface area contributed by atoms with Crippen molar-refractivity contribution in [2.24, 2.45) is 0 Å². The Hall–Kier alpha value is -7.02. The molecule has 266 valence electrons. The zero-order chi connectivity index (χ0) is 37.4. The highest BCUT2D eigenvalue weighted by molar-refractivity contribution is 7.02. The summed E-state index contributed by atoms with van der Waals surface area (Å²) >= 11 is 0. The lowest BCUT2D eigenvalue weighted by Gasteiger charge is -2.41. The molecule has 3 heterocycles. The van der Waals surface area contributed by atoms with Crippen LogP contribution in [-0.2, 0) is 0 Å². The second-order valence-corrected chi connectivity index (χ2v) is 19.4. The van der Waals surface area contributed by atoms with Crippen molar-refractivity contribution in [3.63, 3.8) is 0 Å². The van der Waals surface area contributed by atoms with E-state index >= 15 is 0 Å². The molecule has 9 aromatic rings. The van der Waals surface area contributed by atoms with Gasteiger partial charge in [0.2, 0.25) is 0 Å². The minimum atomic E-state index is -1.87. The van der Waals surface area contributed by atoms with Crippen molar-refractivity contribution < 1.29 is 4.74 Å². The van der Waals surface area contributed by atoms with Crippen LogP contribution in [0.25, 0.3) is 44.3 Å². The maximum atomic E-state index is 6.27. The van der Waals surface area contributed by atoms with Crippen molar-refractivity contribution in [1.29, 1.82) is 0 Å². The van der Waals surface area contributed by atoms with E-state index in [-0.39, 0.29) is 0 Å². The number of rotatable bonds is 4. The molecule has 0 aliphatic carbocycles. The van der Waals surface area contributed by atoms with Gasteiger partial charge in [-0.05, 0) is 94.6 Å². The molecule has 1 aromatic heterocycles. The molecular formula is C50H36N4OSi. The Bertz CT molecular complexity index is 2900. The van der Waals surface area contributed by atoms with E-state index in [9.17, 15) is 0 Å². The minimum Gasteiger partial charge on any atom is -0.453 e. The topological polar surface area (TPSA) is 41.5 Å². The molecule has 8 aromatic carbocycles. The summed E-state index contributed by atoms with van der Waals surface area (Å²) in [6.07, 6.45) is 0. The van der Waals surface area contributed by atoms with Gasteiger partial charge in [-0.2, -0.15) is 0 Å². The van der Waals surface area contributed by atoms with Crippen LogP contribution in [0.3, 0.4) is 0 Å². The predicted octanol–water partition coefficient (Wildman–Crippen LogP) is 12.3. The molecule has 0 unspecified atom stereocenters. The quantitative estimate of drug-likeness (QED) is 0.133. The first kappa shape index (κ1) is 32.4. The number of aromatic nitrogens is 2. The lowest BCUT2D eigenvalue weighted by atomic mass is 10.0. The van der Waals surface area contributed by atoms with Gasteiger partial charge in [-0.15, -0.1) is 0 Å². The molecule has 0 saturated heterocycles. The van der Waals surface area contributed by atoms with Crippen molar-refractivity contribution in [3.05, 3.63) is 182 Å². The molecule has 0 radical (unpaired) electrons. The predicted molar refractivity (Wildman–Crippen MR) is 234 cm³/mol. The summed E-state index contributed by atoms with van der Waals surface area (Å²) < 4.78 is 6.27. The average Bonchev–Trinajstić information content (AvgIpc) is 3.25. The number of hydrogen-bond donors (Lipinski definition) is 0. The number of nitrogens with zero attached hydrogens (tertiary/aromatic N) is 4. The molecule has 5 nitrogen and oxygen atoms in total. The number of anilines is 6. The number of benzene rings is 8. The van der Waals surface area contributed by atoms with E-state index < -0.39 is 8.07 Å². The number of fused-ring (bicyclic) bond motifs is 7. The Morgan fingerprint density at radius 1 is 0.429 bits per heavy atom. The van der Waals surface area contributed by atoms with Gasteiger partial charge in [0.05, 0.1) is 22.6 Å². The lowest BCUT2D eigenvalue weighted by Crippen LogP contribution is -2.58. The fraction of sp³-hybridized carbons (Fsp3) is 0.0400. The molecule has 11 rings (SSSR count). The molecule has 0 atom stereocenters. The Balaban J connectivity index is 1.03. The van der Waals surface area contributed by atoms with Gasteiger partial charge in [-0.1, -0.05) is 116 Å². The summed E-state index contributed by atoms with van der Waals surface area (Å²) in [5, 5.41) is 6.20. The maximum Gasteiger partial charge on any atom is 0.160 e. The fourth-order valence-electron chi connectivity index (χ4n) is 8.67. The van der Waals surface area contributed by atoms with Crippen LogP contribution in [0, 0.1) is 0 Å². The zero-order valence-electron chi connectivity index (χ0n) is 31.0. The van der Waals surface area contributed by atoms with Crippen LogP contribution >= 0.6 is 0 Å². The van der Waals surface area contributed by atoms with Crippen LogP contribution in [0.5, 0.6) is 11.5 Å². The second kappa shape index (κ2) is 12.5. The molecule has 0 amide bonds. The van der Waals surface area contributed by atoms with Crippen molar-refractivity contribution in [3.8, 4) is 34.1 Å². The SMILES string of the molecule is C[Si]1(C)c2ccccc2N(c2ccc(-c3nc(-c4ccc(N5c6ccccc6Oc6ccccc65)cc4)nc4c3ccc3ccccc34)cc2)c2ccccc21. The molecule has 0 fully saturated rings. The van der Waals surface area contributed by atoms with Gasteiger partial charge in [-0.3, -0.25) is 0 Å². The summed E-state index contributed by atoms with van der Waals surface area (Å²) in [5.41, 5.74) is 10.5. The summed E-state index contributed by atoms with van der Waals surface area (Å²) in [6, 6.07) is 64.5. The maximum absolute atomic E-state index is 6.27. The smallest absolute Gasteiger partial charge is 0.160 e. The van der Waals surface area contributed by atoms with Gasteiger partial charge in [0.1, 0.15) is 8.07 Å². The van der Waals surface area contributed by atoms with Crippen LogP contribution in [-0.4, -0.2) is 18.0 Å². The van der Waals surface area contributed by atoms with Crippen LogP contribution in [0.15, 0.2) is 182 Å². The number of hydrogen-bond acceptors (Lipinski definition) is 5. The van der Waals surface area contributed by atoms with Crippen molar-refractivity contribution in [1.82, 2.24) is 9.97 Å². The average molecular weight is 737 g/mol. The largest absolute Gasteiger partial charge is 0.453 e. The Morgan fingerprint density at radius 3 is 1.55 bits per heavy atom. The van der Waals surface area contributed by atoms with Crippen molar-refractivity contribution >= 4 is 74.2 Å². The zero-order valence-corrected chi connectivity index (χ0v) is 32.0. The highest BCUT2D eigenvalue weighted by atomic mass is 28.3. The Labute approximate surface area is 326 Å². The van der Waals surface area contributed by atoms with E-state index in [0.717, 1.165) is 72.7 Å². The third-order valence-corrected chi connectivity index (χ3v) is 15.0. The van der Waals surface area contributed by atoms with Crippen LogP contribution in [0.1, 0.15) is 0 Å².